The van der Waals surface area contributed by atoms with E-state index >= 15 is 0 Å². The van der Waals surface area contributed by atoms with Crippen LogP contribution in [0.2, 0.25) is 5.02 Å². The molecule has 4 rings (SSSR count). The monoisotopic (exact) mass is 414 g/mol. The highest BCUT2D eigenvalue weighted by atomic mass is 35.5. The molecule has 0 spiro atoms. The fourth-order valence-corrected chi connectivity index (χ4v) is 3.56. The van der Waals surface area contributed by atoms with Gasteiger partial charge in [0.1, 0.15) is 11.3 Å². The van der Waals surface area contributed by atoms with Crippen molar-refractivity contribution >= 4 is 23.2 Å². The standard InChI is InChI=1S/C24H19ClN4O/c1-2-21-23(29-15-20(25)10-11-22(29)28-21)24(30)27-14-16-6-8-18(9-7-16)19-5-3-4-17(12-19)13-26/h3-12,15H,2,14H2,1H3,(H,27,30). The molecule has 0 aliphatic rings. The molecule has 0 bridgehead atoms. The first-order chi connectivity index (χ1) is 14.6. The number of nitriles is 1. The third-order valence-corrected chi connectivity index (χ3v) is 5.16. The minimum absolute atomic E-state index is 0.188. The molecule has 148 valence electrons. The van der Waals surface area contributed by atoms with Gasteiger partial charge in [-0.25, -0.2) is 4.98 Å². The first kappa shape index (κ1) is 19.7. The first-order valence-corrected chi connectivity index (χ1v) is 10.0. The lowest BCUT2D eigenvalue weighted by molar-refractivity contribution is 0.0944. The van der Waals surface area contributed by atoms with Gasteiger partial charge in [0.15, 0.2) is 0 Å². The summed E-state index contributed by atoms with van der Waals surface area (Å²) in [6.45, 7) is 2.37. The van der Waals surface area contributed by atoms with Gasteiger partial charge in [-0.2, -0.15) is 5.26 Å². The number of hydrogen-bond acceptors (Lipinski definition) is 3. The maximum absolute atomic E-state index is 12.9. The largest absolute Gasteiger partial charge is 0.347 e. The number of imidazole rings is 1. The zero-order valence-electron chi connectivity index (χ0n) is 16.4. The number of rotatable bonds is 5. The van der Waals surface area contributed by atoms with Gasteiger partial charge in [0.2, 0.25) is 0 Å². The smallest absolute Gasteiger partial charge is 0.270 e. The maximum atomic E-state index is 12.9. The van der Waals surface area contributed by atoms with E-state index in [-0.39, 0.29) is 5.91 Å². The van der Waals surface area contributed by atoms with Gasteiger partial charge < -0.3 is 5.32 Å². The number of benzene rings is 2. The van der Waals surface area contributed by atoms with Crippen molar-refractivity contribution < 1.29 is 4.79 Å². The van der Waals surface area contributed by atoms with Crippen LogP contribution < -0.4 is 5.32 Å². The molecule has 0 unspecified atom stereocenters. The first-order valence-electron chi connectivity index (χ1n) is 9.63. The molecule has 1 N–H and O–H groups in total. The van der Waals surface area contributed by atoms with Crippen molar-refractivity contribution in [2.24, 2.45) is 0 Å². The second-order valence-corrected chi connectivity index (χ2v) is 7.34. The van der Waals surface area contributed by atoms with Crippen molar-refractivity contribution in [3.8, 4) is 17.2 Å². The summed E-state index contributed by atoms with van der Waals surface area (Å²) in [5.41, 5.74) is 5.57. The van der Waals surface area contributed by atoms with E-state index in [2.05, 4.69) is 16.4 Å². The van der Waals surface area contributed by atoms with E-state index in [1.807, 2.05) is 49.4 Å². The van der Waals surface area contributed by atoms with Crippen LogP contribution in [0.15, 0.2) is 66.9 Å². The summed E-state index contributed by atoms with van der Waals surface area (Å²) in [5.74, 6) is -0.188. The number of halogens is 1. The Kier molecular flexibility index (Phi) is 5.51. The van der Waals surface area contributed by atoms with Gasteiger partial charge in [0, 0.05) is 12.7 Å². The summed E-state index contributed by atoms with van der Waals surface area (Å²) in [6.07, 6.45) is 2.36. The highest BCUT2D eigenvalue weighted by molar-refractivity contribution is 6.30. The number of aromatic nitrogens is 2. The predicted octanol–water partition coefficient (Wildman–Crippen LogP) is 5.02. The highest BCUT2D eigenvalue weighted by Crippen LogP contribution is 2.21. The molecule has 2 aromatic carbocycles. The Bertz CT molecular complexity index is 1270. The SMILES string of the molecule is CCc1nc2ccc(Cl)cn2c1C(=O)NCc1ccc(-c2cccc(C#N)c2)cc1. The lowest BCUT2D eigenvalue weighted by atomic mass is 10.0. The van der Waals surface area contributed by atoms with Gasteiger partial charge in [-0.1, -0.05) is 54.9 Å². The average Bonchev–Trinajstić information content (AvgIpc) is 3.15. The molecule has 4 aromatic rings. The molecular formula is C24H19ClN4O. The zero-order valence-corrected chi connectivity index (χ0v) is 17.1. The van der Waals surface area contributed by atoms with Gasteiger partial charge in [-0.15, -0.1) is 0 Å². The van der Waals surface area contributed by atoms with E-state index in [1.165, 1.54) is 0 Å². The normalized spacial score (nSPS) is 10.7. The molecule has 0 radical (unpaired) electrons. The topological polar surface area (TPSA) is 70.2 Å². The number of fused-ring (bicyclic) bond motifs is 1. The van der Waals surface area contributed by atoms with E-state index < -0.39 is 0 Å². The molecule has 5 nitrogen and oxygen atoms in total. The molecule has 1 amide bonds. The van der Waals surface area contributed by atoms with Gasteiger partial charge in [0.25, 0.3) is 5.91 Å². The van der Waals surface area contributed by atoms with Crippen LogP contribution >= 0.6 is 11.6 Å². The van der Waals surface area contributed by atoms with E-state index in [9.17, 15) is 4.79 Å². The van der Waals surface area contributed by atoms with Gasteiger partial charge in [-0.3, -0.25) is 9.20 Å². The molecular weight excluding hydrogens is 396 g/mol. The van der Waals surface area contributed by atoms with Crippen molar-refractivity contribution in [1.29, 1.82) is 5.26 Å². The number of nitrogens with zero attached hydrogens (tertiary/aromatic N) is 3. The van der Waals surface area contributed by atoms with Crippen molar-refractivity contribution in [2.45, 2.75) is 19.9 Å². The lowest BCUT2D eigenvalue weighted by Gasteiger charge is -2.08. The summed E-state index contributed by atoms with van der Waals surface area (Å²) in [4.78, 5) is 17.4. The molecule has 0 aliphatic carbocycles. The number of hydrogen-bond donors (Lipinski definition) is 1. The molecule has 6 heteroatoms. The number of pyridine rings is 1. The Hall–Kier alpha value is -3.62. The average molecular weight is 415 g/mol. The van der Waals surface area contributed by atoms with Crippen LogP contribution in [-0.2, 0) is 13.0 Å². The predicted molar refractivity (Wildman–Crippen MR) is 117 cm³/mol. The van der Waals surface area contributed by atoms with Gasteiger partial charge in [0.05, 0.1) is 22.3 Å². The Morgan fingerprint density at radius 2 is 1.93 bits per heavy atom. The van der Waals surface area contributed by atoms with Crippen LogP contribution in [0, 0.1) is 11.3 Å². The van der Waals surface area contributed by atoms with E-state index in [0.717, 1.165) is 22.4 Å². The van der Waals surface area contributed by atoms with Crippen molar-refractivity contribution in [2.75, 3.05) is 0 Å². The molecule has 2 heterocycles. The zero-order chi connectivity index (χ0) is 21.1. The molecule has 30 heavy (non-hydrogen) atoms. The maximum Gasteiger partial charge on any atom is 0.270 e. The third-order valence-electron chi connectivity index (χ3n) is 4.94. The fourth-order valence-electron chi connectivity index (χ4n) is 3.40. The number of carbonyl (C=O) groups is 1. The second kappa shape index (κ2) is 8.40. The Balaban J connectivity index is 1.51. The highest BCUT2D eigenvalue weighted by Gasteiger charge is 2.18. The minimum atomic E-state index is -0.188. The lowest BCUT2D eigenvalue weighted by Crippen LogP contribution is -2.25. The van der Waals surface area contributed by atoms with Crippen LogP contribution in [0.4, 0.5) is 0 Å². The number of carbonyl (C=O) groups excluding carboxylic acids is 1. The summed E-state index contributed by atoms with van der Waals surface area (Å²) >= 11 is 6.11. The quantitative estimate of drug-likeness (QED) is 0.498. The second-order valence-electron chi connectivity index (χ2n) is 6.91. The molecule has 2 aromatic heterocycles. The van der Waals surface area contributed by atoms with Crippen molar-refractivity contribution in [3.63, 3.8) is 0 Å². The molecule has 0 atom stereocenters. The molecule has 0 saturated heterocycles. The van der Waals surface area contributed by atoms with Crippen molar-refractivity contribution in [1.82, 2.24) is 14.7 Å². The Morgan fingerprint density at radius 1 is 1.13 bits per heavy atom. The minimum Gasteiger partial charge on any atom is -0.347 e. The number of nitrogens with one attached hydrogen (secondary N) is 1. The van der Waals surface area contributed by atoms with E-state index in [4.69, 9.17) is 16.9 Å². The van der Waals surface area contributed by atoms with E-state index in [1.54, 1.807) is 28.8 Å². The van der Waals surface area contributed by atoms with Crippen molar-refractivity contribution in [3.05, 3.63) is 94.4 Å². The van der Waals surface area contributed by atoms with Crippen LogP contribution in [0.25, 0.3) is 16.8 Å². The van der Waals surface area contributed by atoms with Gasteiger partial charge in [-0.05, 0) is 47.4 Å². The van der Waals surface area contributed by atoms with Crippen LogP contribution in [-0.4, -0.2) is 15.3 Å². The summed E-state index contributed by atoms with van der Waals surface area (Å²) in [6, 6.07) is 21.1. The van der Waals surface area contributed by atoms with Crippen LogP contribution in [0.3, 0.4) is 0 Å². The molecule has 0 aliphatic heterocycles. The third kappa shape index (κ3) is 3.91. The summed E-state index contributed by atoms with van der Waals surface area (Å²) < 4.78 is 1.74. The van der Waals surface area contributed by atoms with Crippen LogP contribution in [0.5, 0.6) is 0 Å². The number of aryl methyl sites for hydroxylation is 1. The summed E-state index contributed by atoms with van der Waals surface area (Å²) in [5, 5.41) is 12.6. The van der Waals surface area contributed by atoms with Gasteiger partial charge >= 0.3 is 0 Å². The molecule has 0 saturated carbocycles. The Morgan fingerprint density at radius 3 is 2.67 bits per heavy atom. The summed E-state index contributed by atoms with van der Waals surface area (Å²) in [7, 11) is 0. The van der Waals surface area contributed by atoms with Crippen LogP contribution in [0.1, 0.15) is 34.2 Å². The Labute approximate surface area is 179 Å². The van der Waals surface area contributed by atoms with E-state index in [0.29, 0.717) is 34.9 Å². The molecule has 0 fully saturated rings. The number of amides is 1. The fraction of sp³-hybridized carbons (Fsp3) is 0.125.